The van der Waals surface area contributed by atoms with Crippen molar-refractivity contribution in [2.45, 2.75) is 19.4 Å². The molecule has 0 unspecified atom stereocenters. The van der Waals surface area contributed by atoms with E-state index in [1.165, 1.54) is 6.07 Å². The summed E-state index contributed by atoms with van der Waals surface area (Å²) < 4.78 is 15.7. The Labute approximate surface area is 140 Å². The maximum Gasteiger partial charge on any atom is 0.226 e. The molecule has 0 aliphatic rings. The number of carbonyl (C=O) groups excluding carboxylic acids is 1. The van der Waals surface area contributed by atoms with Gasteiger partial charge in [0.25, 0.3) is 0 Å². The Kier molecular flexibility index (Phi) is 4.75. The fourth-order valence-corrected chi connectivity index (χ4v) is 2.77. The number of amides is 1. The van der Waals surface area contributed by atoms with Gasteiger partial charge in [-0.3, -0.25) is 4.79 Å². The number of carbonyl (C=O) groups is 1. The molecule has 1 aromatic heterocycles. The number of aryl methyl sites for hydroxylation is 1. The summed E-state index contributed by atoms with van der Waals surface area (Å²) in [6.45, 7) is 2.02. The van der Waals surface area contributed by atoms with E-state index in [2.05, 4.69) is 11.4 Å². The number of anilines is 1. The Balaban J connectivity index is 1.82. The van der Waals surface area contributed by atoms with Gasteiger partial charge in [-0.05, 0) is 36.8 Å². The maximum atomic E-state index is 13.7. The van der Waals surface area contributed by atoms with E-state index < -0.39 is 5.82 Å². The first-order valence-electron chi connectivity index (χ1n) is 7.87. The Bertz CT molecular complexity index is 827. The third-order valence-corrected chi connectivity index (χ3v) is 3.94. The molecule has 3 nitrogen and oxygen atoms in total. The fourth-order valence-electron chi connectivity index (χ4n) is 2.77. The molecule has 0 bridgehead atoms. The average Bonchev–Trinajstić information content (AvgIpc) is 3.09. The summed E-state index contributed by atoms with van der Waals surface area (Å²) >= 11 is 0. The van der Waals surface area contributed by atoms with Crippen LogP contribution in [0.15, 0.2) is 73.1 Å². The molecule has 3 rings (SSSR count). The van der Waals surface area contributed by atoms with Crippen molar-refractivity contribution in [3.63, 3.8) is 0 Å². The molecule has 4 heteroatoms. The molecule has 1 amide bonds. The monoisotopic (exact) mass is 322 g/mol. The van der Waals surface area contributed by atoms with Crippen molar-refractivity contribution in [1.82, 2.24) is 4.57 Å². The lowest BCUT2D eigenvalue weighted by Crippen LogP contribution is -2.20. The van der Waals surface area contributed by atoms with E-state index in [9.17, 15) is 9.18 Å². The number of halogens is 1. The summed E-state index contributed by atoms with van der Waals surface area (Å²) in [6.07, 6.45) is 4.10. The summed E-state index contributed by atoms with van der Waals surface area (Å²) in [6, 6.07) is 18.0. The smallest absolute Gasteiger partial charge is 0.226 e. The molecule has 1 N–H and O–H groups in total. The summed E-state index contributed by atoms with van der Waals surface area (Å²) in [5, 5.41) is 2.66. The molecule has 3 aromatic rings. The molecule has 2 aromatic carbocycles. The van der Waals surface area contributed by atoms with E-state index in [0.29, 0.717) is 0 Å². The number of para-hydroxylation sites is 1. The highest BCUT2D eigenvalue weighted by Crippen LogP contribution is 2.24. The molecule has 1 heterocycles. The second-order valence-electron chi connectivity index (χ2n) is 5.79. The lowest BCUT2D eigenvalue weighted by Gasteiger charge is -2.20. The Morgan fingerprint density at radius 1 is 1.08 bits per heavy atom. The lowest BCUT2D eigenvalue weighted by atomic mass is 10.0. The maximum absolute atomic E-state index is 13.7. The summed E-state index contributed by atoms with van der Waals surface area (Å²) in [5.74, 6) is -0.653. The highest BCUT2D eigenvalue weighted by molar-refractivity contribution is 5.91. The summed E-state index contributed by atoms with van der Waals surface area (Å²) in [4.78, 5) is 12.4. The summed E-state index contributed by atoms with van der Waals surface area (Å²) in [7, 11) is 0. The number of nitrogens with one attached hydrogen (secondary N) is 1. The minimum Gasteiger partial charge on any atom is -0.346 e. The molecule has 0 aliphatic carbocycles. The van der Waals surface area contributed by atoms with Gasteiger partial charge in [0, 0.05) is 12.4 Å². The molecule has 0 saturated carbocycles. The molecular formula is C20H19FN2O. The Hall–Kier alpha value is -2.88. The molecule has 1 atom stereocenters. The van der Waals surface area contributed by atoms with Crippen LogP contribution < -0.4 is 5.32 Å². The number of aromatic nitrogens is 1. The Morgan fingerprint density at radius 2 is 1.83 bits per heavy atom. The number of benzene rings is 2. The van der Waals surface area contributed by atoms with Gasteiger partial charge in [-0.1, -0.05) is 42.0 Å². The lowest BCUT2D eigenvalue weighted by molar-refractivity contribution is -0.116. The average molecular weight is 322 g/mol. The van der Waals surface area contributed by atoms with Crippen molar-refractivity contribution < 1.29 is 9.18 Å². The van der Waals surface area contributed by atoms with Crippen LogP contribution in [0.25, 0.3) is 0 Å². The van der Waals surface area contributed by atoms with Crippen LogP contribution in [0.4, 0.5) is 10.1 Å². The normalized spacial score (nSPS) is 11.9. The minimum atomic E-state index is -0.432. The van der Waals surface area contributed by atoms with Crippen LogP contribution in [0.1, 0.15) is 23.6 Å². The molecule has 0 fully saturated rings. The Morgan fingerprint density at radius 3 is 2.54 bits per heavy atom. The first-order valence-corrected chi connectivity index (χ1v) is 7.87. The van der Waals surface area contributed by atoms with E-state index >= 15 is 0 Å². The van der Waals surface area contributed by atoms with Crippen molar-refractivity contribution in [1.29, 1.82) is 0 Å². The van der Waals surface area contributed by atoms with Crippen LogP contribution in [0.3, 0.4) is 0 Å². The zero-order chi connectivity index (χ0) is 16.9. The van der Waals surface area contributed by atoms with Crippen LogP contribution in [0.2, 0.25) is 0 Å². The van der Waals surface area contributed by atoms with Crippen molar-refractivity contribution >= 4 is 11.6 Å². The van der Waals surface area contributed by atoms with Crippen molar-refractivity contribution in [2.75, 3.05) is 5.32 Å². The standard InChI is InChI=1S/C20H19FN2O/c1-15-7-6-8-16(13-15)19(23-11-4-5-12-23)14-20(24)22-18-10-3-2-9-17(18)21/h2-13,19H,14H2,1H3,(H,22,24)/t19-/m0/s1. The topological polar surface area (TPSA) is 34.0 Å². The van der Waals surface area contributed by atoms with Crippen LogP contribution in [0, 0.1) is 12.7 Å². The fraction of sp³-hybridized carbons (Fsp3) is 0.150. The van der Waals surface area contributed by atoms with Crippen LogP contribution >= 0.6 is 0 Å². The van der Waals surface area contributed by atoms with Gasteiger partial charge >= 0.3 is 0 Å². The van der Waals surface area contributed by atoms with Crippen molar-refractivity contribution in [3.8, 4) is 0 Å². The predicted octanol–water partition coefficient (Wildman–Crippen LogP) is 4.55. The third kappa shape index (κ3) is 3.71. The summed E-state index contributed by atoms with van der Waals surface area (Å²) in [5.41, 5.74) is 2.40. The largest absolute Gasteiger partial charge is 0.346 e. The van der Waals surface area contributed by atoms with Gasteiger partial charge in [0.15, 0.2) is 0 Å². The molecule has 0 spiro atoms. The van der Waals surface area contributed by atoms with E-state index in [4.69, 9.17) is 0 Å². The van der Waals surface area contributed by atoms with E-state index in [1.54, 1.807) is 18.2 Å². The van der Waals surface area contributed by atoms with Gasteiger partial charge in [0.05, 0.1) is 18.2 Å². The van der Waals surface area contributed by atoms with Crippen LogP contribution in [-0.4, -0.2) is 10.5 Å². The first kappa shape index (κ1) is 16.0. The van der Waals surface area contributed by atoms with E-state index in [0.717, 1.165) is 11.1 Å². The second-order valence-corrected chi connectivity index (χ2v) is 5.79. The number of nitrogens with zero attached hydrogens (tertiary/aromatic N) is 1. The molecule has 0 saturated heterocycles. The quantitative estimate of drug-likeness (QED) is 0.734. The number of hydrogen-bond donors (Lipinski definition) is 1. The van der Waals surface area contributed by atoms with E-state index in [-0.39, 0.29) is 24.1 Å². The van der Waals surface area contributed by atoms with Crippen molar-refractivity contribution in [2.24, 2.45) is 0 Å². The van der Waals surface area contributed by atoms with Gasteiger partial charge in [-0.25, -0.2) is 4.39 Å². The van der Waals surface area contributed by atoms with Gasteiger partial charge in [-0.15, -0.1) is 0 Å². The highest BCUT2D eigenvalue weighted by Gasteiger charge is 2.18. The zero-order valence-corrected chi connectivity index (χ0v) is 13.4. The van der Waals surface area contributed by atoms with Crippen LogP contribution in [-0.2, 0) is 4.79 Å². The SMILES string of the molecule is Cc1cccc([C@H](CC(=O)Nc2ccccc2F)n2cccc2)c1. The molecule has 24 heavy (non-hydrogen) atoms. The molecule has 122 valence electrons. The number of hydrogen-bond acceptors (Lipinski definition) is 1. The van der Waals surface area contributed by atoms with Crippen molar-refractivity contribution in [3.05, 3.63) is 90.0 Å². The number of rotatable bonds is 5. The molecule has 0 radical (unpaired) electrons. The van der Waals surface area contributed by atoms with Gasteiger partial charge < -0.3 is 9.88 Å². The second kappa shape index (κ2) is 7.13. The molecular weight excluding hydrogens is 303 g/mol. The minimum absolute atomic E-state index is 0.133. The third-order valence-electron chi connectivity index (χ3n) is 3.94. The zero-order valence-electron chi connectivity index (χ0n) is 13.4. The first-order chi connectivity index (χ1) is 11.6. The molecule has 0 aliphatic heterocycles. The van der Waals surface area contributed by atoms with Crippen LogP contribution in [0.5, 0.6) is 0 Å². The van der Waals surface area contributed by atoms with Gasteiger partial charge in [-0.2, -0.15) is 0 Å². The highest BCUT2D eigenvalue weighted by atomic mass is 19.1. The van der Waals surface area contributed by atoms with Gasteiger partial charge in [0.1, 0.15) is 5.82 Å². The van der Waals surface area contributed by atoms with Gasteiger partial charge in [0.2, 0.25) is 5.91 Å². The van der Waals surface area contributed by atoms with E-state index in [1.807, 2.05) is 54.2 Å². The predicted molar refractivity (Wildman–Crippen MR) is 93.4 cm³/mol.